The maximum atomic E-state index is 13.4. The Labute approximate surface area is 205 Å². The SMILES string of the molecule is CC(C)N=C(N)Cn1c(-c2cccc(Cl)c2)nn(-c2ccc(CCN3CCCCC3)cn2)c1=O. The summed E-state index contributed by atoms with van der Waals surface area (Å²) in [5, 5.41) is 5.16. The molecule has 3 heterocycles. The summed E-state index contributed by atoms with van der Waals surface area (Å²) in [6, 6.07) is 11.1. The minimum Gasteiger partial charge on any atom is -0.386 e. The Balaban J connectivity index is 1.62. The molecule has 4 rings (SSSR count). The lowest BCUT2D eigenvalue weighted by atomic mass is 10.1. The maximum absolute atomic E-state index is 13.4. The highest BCUT2D eigenvalue weighted by Crippen LogP contribution is 2.21. The van der Waals surface area contributed by atoms with E-state index in [1.54, 1.807) is 12.1 Å². The van der Waals surface area contributed by atoms with Gasteiger partial charge in [-0.2, -0.15) is 4.68 Å². The number of likely N-dealkylation sites (tertiary alicyclic amines) is 1. The van der Waals surface area contributed by atoms with Crippen LogP contribution in [0.25, 0.3) is 17.2 Å². The largest absolute Gasteiger partial charge is 0.386 e. The van der Waals surface area contributed by atoms with E-state index in [2.05, 4.69) is 20.0 Å². The molecule has 34 heavy (non-hydrogen) atoms. The summed E-state index contributed by atoms with van der Waals surface area (Å²) in [6.45, 7) is 7.39. The molecule has 1 fully saturated rings. The smallest absolute Gasteiger partial charge is 0.352 e. The molecule has 0 radical (unpaired) electrons. The number of nitrogens with zero attached hydrogens (tertiary/aromatic N) is 6. The van der Waals surface area contributed by atoms with Crippen molar-refractivity contribution in [2.24, 2.45) is 10.7 Å². The van der Waals surface area contributed by atoms with Gasteiger partial charge in [-0.25, -0.2) is 9.78 Å². The van der Waals surface area contributed by atoms with Crippen molar-refractivity contribution in [3.05, 3.63) is 63.7 Å². The molecule has 9 heteroatoms. The zero-order chi connectivity index (χ0) is 24.1. The summed E-state index contributed by atoms with van der Waals surface area (Å²) in [6.07, 6.45) is 6.67. The summed E-state index contributed by atoms with van der Waals surface area (Å²) < 4.78 is 2.83. The number of benzene rings is 1. The maximum Gasteiger partial charge on any atom is 0.352 e. The fourth-order valence-electron chi connectivity index (χ4n) is 4.22. The minimum absolute atomic E-state index is 0.0273. The average Bonchev–Trinajstić information content (AvgIpc) is 3.14. The molecule has 1 aliphatic rings. The van der Waals surface area contributed by atoms with Crippen LogP contribution >= 0.6 is 11.6 Å². The number of piperidine rings is 1. The van der Waals surface area contributed by atoms with Crippen molar-refractivity contribution in [2.75, 3.05) is 19.6 Å². The number of aromatic nitrogens is 4. The number of aliphatic imine (C=N–C) groups is 1. The Morgan fingerprint density at radius 2 is 1.97 bits per heavy atom. The predicted molar refractivity (Wildman–Crippen MR) is 137 cm³/mol. The molecule has 0 unspecified atom stereocenters. The van der Waals surface area contributed by atoms with E-state index in [4.69, 9.17) is 17.3 Å². The van der Waals surface area contributed by atoms with Crippen LogP contribution in [0.3, 0.4) is 0 Å². The Morgan fingerprint density at radius 3 is 2.65 bits per heavy atom. The lowest BCUT2D eigenvalue weighted by Crippen LogP contribution is -2.31. The Kier molecular flexibility index (Phi) is 7.80. The molecule has 0 aliphatic carbocycles. The molecule has 1 aliphatic heterocycles. The van der Waals surface area contributed by atoms with Crippen molar-refractivity contribution < 1.29 is 0 Å². The van der Waals surface area contributed by atoms with Gasteiger partial charge < -0.3 is 10.6 Å². The fourth-order valence-corrected chi connectivity index (χ4v) is 4.41. The van der Waals surface area contributed by atoms with Crippen molar-refractivity contribution in [3.8, 4) is 17.2 Å². The summed E-state index contributed by atoms with van der Waals surface area (Å²) in [4.78, 5) is 24.8. The van der Waals surface area contributed by atoms with E-state index in [9.17, 15) is 4.79 Å². The van der Waals surface area contributed by atoms with Gasteiger partial charge in [-0.1, -0.05) is 36.2 Å². The molecule has 0 atom stereocenters. The van der Waals surface area contributed by atoms with Crippen LogP contribution in [0.4, 0.5) is 0 Å². The molecule has 0 amide bonds. The van der Waals surface area contributed by atoms with Crippen LogP contribution in [0.5, 0.6) is 0 Å². The standard InChI is InChI=1S/C25H32ClN7O/c1-18(2)29-22(27)17-32-24(20-7-6-8-21(26)15-20)30-33(25(32)34)23-10-9-19(16-28-23)11-14-31-12-4-3-5-13-31/h6-10,15-16,18H,3-5,11-14,17H2,1-2H3,(H2,27,29). The first kappa shape index (κ1) is 24.2. The van der Waals surface area contributed by atoms with E-state index in [-0.39, 0.29) is 18.3 Å². The monoisotopic (exact) mass is 481 g/mol. The molecule has 180 valence electrons. The van der Waals surface area contributed by atoms with Crippen LogP contribution in [-0.4, -0.2) is 55.7 Å². The number of hydrogen-bond acceptors (Lipinski definition) is 5. The van der Waals surface area contributed by atoms with Gasteiger partial charge >= 0.3 is 5.69 Å². The molecule has 8 nitrogen and oxygen atoms in total. The molecule has 2 N–H and O–H groups in total. The molecule has 1 aromatic carbocycles. The van der Waals surface area contributed by atoms with Crippen molar-refractivity contribution >= 4 is 17.4 Å². The van der Waals surface area contributed by atoms with E-state index < -0.39 is 0 Å². The van der Waals surface area contributed by atoms with Crippen LogP contribution in [0, 0.1) is 0 Å². The van der Waals surface area contributed by atoms with Crippen LogP contribution in [0.2, 0.25) is 5.02 Å². The lowest BCUT2D eigenvalue weighted by Gasteiger charge is -2.26. The number of hydrogen-bond donors (Lipinski definition) is 1. The van der Waals surface area contributed by atoms with Crippen molar-refractivity contribution in [3.63, 3.8) is 0 Å². The van der Waals surface area contributed by atoms with Gasteiger partial charge in [0.1, 0.15) is 5.84 Å². The van der Waals surface area contributed by atoms with E-state index in [1.165, 1.54) is 41.6 Å². The zero-order valence-corrected chi connectivity index (χ0v) is 20.6. The Hall–Kier alpha value is -2.97. The van der Waals surface area contributed by atoms with Crippen LogP contribution < -0.4 is 11.4 Å². The van der Waals surface area contributed by atoms with Gasteiger partial charge in [0.25, 0.3) is 0 Å². The lowest BCUT2D eigenvalue weighted by molar-refractivity contribution is 0.231. The third-order valence-electron chi connectivity index (χ3n) is 5.88. The van der Waals surface area contributed by atoms with Crippen LogP contribution in [-0.2, 0) is 13.0 Å². The third kappa shape index (κ3) is 5.93. The van der Waals surface area contributed by atoms with E-state index >= 15 is 0 Å². The quantitative estimate of drug-likeness (QED) is 0.392. The second kappa shape index (κ2) is 11.0. The normalized spacial score (nSPS) is 15.2. The number of halogens is 1. The first-order valence-electron chi connectivity index (χ1n) is 11.9. The number of rotatable bonds is 8. The summed E-state index contributed by atoms with van der Waals surface area (Å²) in [5.41, 5.74) is 7.66. The van der Waals surface area contributed by atoms with Crippen molar-refractivity contribution in [1.82, 2.24) is 24.2 Å². The Morgan fingerprint density at radius 1 is 1.18 bits per heavy atom. The molecule has 1 saturated heterocycles. The van der Waals surface area contributed by atoms with Gasteiger partial charge in [0.15, 0.2) is 11.6 Å². The third-order valence-corrected chi connectivity index (χ3v) is 6.12. The molecule has 0 bridgehead atoms. The summed E-state index contributed by atoms with van der Waals surface area (Å²) >= 11 is 6.20. The summed E-state index contributed by atoms with van der Waals surface area (Å²) in [5.74, 6) is 1.29. The first-order chi connectivity index (χ1) is 16.4. The second-order valence-electron chi connectivity index (χ2n) is 9.01. The number of nitrogens with two attached hydrogens (primary N) is 1. The van der Waals surface area contributed by atoms with Gasteiger partial charge in [0.05, 0.1) is 6.54 Å². The molecule has 2 aromatic heterocycles. The topological polar surface area (TPSA) is 94.3 Å². The zero-order valence-electron chi connectivity index (χ0n) is 19.8. The van der Waals surface area contributed by atoms with E-state index in [0.717, 1.165) is 24.1 Å². The number of pyridine rings is 1. The highest BCUT2D eigenvalue weighted by atomic mass is 35.5. The van der Waals surface area contributed by atoms with Crippen molar-refractivity contribution in [2.45, 2.75) is 52.1 Å². The van der Waals surface area contributed by atoms with Gasteiger partial charge in [0.2, 0.25) is 0 Å². The number of amidine groups is 1. The predicted octanol–water partition coefficient (Wildman–Crippen LogP) is 3.54. The Bertz CT molecular complexity index is 1190. The molecular formula is C25H32ClN7O. The summed E-state index contributed by atoms with van der Waals surface area (Å²) in [7, 11) is 0. The second-order valence-corrected chi connectivity index (χ2v) is 9.44. The molecule has 0 spiro atoms. The highest BCUT2D eigenvalue weighted by Gasteiger charge is 2.18. The highest BCUT2D eigenvalue weighted by molar-refractivity contribution is 6.30. The van der Waals surface area contributed by atoms with Gasteiger partial charge in [-0.3, -0.25) is 9.56 Å². The van der Waals surface area contributed by atoms with Crippen LogP contribution in [0.1, 0.15) is 38.7 Å². The average molecular weight is 482 g/mol. The molecule has 0 saturated carbocycles. The van der Waals surface area contributed by atoms with Gasteiger partial charge in [-0.05, 0) is 70.0 Å². The van der Waals surface area contributed by atoms with E-state index in [1.807, 2.05) is 44.3 Å². The van der Waals surface area contributed by atoms with Gasteiger partial charge in [-0.15, -0.1) is 5.10 Å². The molecular weight excluding hydrogens is 450 g/mol. The van der Waals surface area contributed by atoms with E-state index in [0.29, 0.717) is 22.5 Å². The first-order valence-corrected chi connectivity index (χ1v) is 12.2. The van der Waals surface area contributed by atoms with Crippen LogP contribution in [0.15, 0.2) is 52.4 Å². The van der Waals surface area contributed by atoms with Crippen molar-refractivity contribution in [1.29, 1.82) is 0 Å². The van der Waals surface area contributed by atoms with Gasteiger partial charge in [0, 0.05) is 29.4 Å². The fraction of sp³-hybridized carbons (Fsp3) is 0.440. The minimum atomic E-state index is -0.328. The molecule has 3 aromatic rings.